The SMILES string of the molecule is Cl.O=C(c1ccccc1)C1CCCC(N2CCCCC2)C1=O. The van der Waals surface area contributed by atoms with Crippen LogP contribution >= 0.6 is 12.4 Å². The molecule has 0 radical (unpaired) electrons. The number of benzene rings is 1. The average Bonchev–Trinajstić information content (AvgIpc) is 2.56. The lowest BCUT2D eigenvalue weighted by molar-refractivity contribution is -0.129. The zero-order chi connectivity index (χ0) is 14.7. The number of piperidine rings is 1. The molecule has 2 atom stereocenters. The Morgan fingerprint density at radius 1 is 0.955 bits per heavy atom. The van der Waals surface area contributed by atoms with E-state index in [4.69, 9.17) is 0 Å². The van der Waals surface area contributed by atoms with Gasteiger partial charge in [-0.05, 0) is 38.8 Å². The summed E-state index contributed by atoms with van der Waals surface area (Å²) in [6.07, 6.45) is 6.26. The fourth-order valence-corrected chi connectivity index (χ4v) is 3.69. The van der Waals surface area contributed by atoms with Gasteiger partial charge < -0.3 is 0 Å². The molecule has 1 aliphatic carbocycles. The number of nitrogens with zero attached hydrogens (tertiary/aromatic N) is 1. The predicted octanol–water partition coefficient (Wildman–Crippen LogP) is 3.51. The highest BCUT2D eigenvalue weighted by Crippen LogP contribution is 2.29. The molecule has 2 unspecified atom stereocenters. The topological polar surface area (TPSA) is 37.4 Å². The molecule has 0 spiro atoms. The van der Waals surface area contributed by atoms with Gasteiger partial charge in [-0.25, -0.2) is 0 Å². The average molecular weight is 322 g/mol. The van der Waals surface area contributed by atoms with Gasteiger partial charge in [0.05, 0.1) is 12.0 Å². The summed E-state index contributed by atoms with van der Waals surface area (Å²) >= 11 is 0. The minimum Gasteiger partial charge on any atom is -0.297 e. The van der Waals surface area contributed by atoms with Crippen LogP contribution in [0.2, 0.25) is 0 Å². The molecule has 22 heavy (non-hydrogen) atoms. The van der Waals surface area contributed by atoms with Crippen LogP contribution in [-0.2, 0) is 4.79 Å². The summed E-state index contributed by atoms with van der Waals surface area (Å²) in [4.78, 5) is 27.7. The van der Waals surface area contributed by atoms with Gasteiger partial charge in [0, 0.05) is 5.56 Å². The number of Topliss-reactive ketones (excluding diaryl/α,β-unsaturated/α-hetero) is 2. The van der Waals surface area contributed by atoms with Gasteiger partial charge in [0.25, 0.3) is 0 Å². The van der Waals surface area contributed by atoms with Crippen molar-refractivity contribution in [3.8, 4) is 0 Å². The Kier molecular flexibility index (Phi) is 6.16. The van der Waals surface area contributed by atoms with Crippen molar-refractivity contribution in [2.45, 2.75) is 44.6 Å². The largest absolute Gasteiger partial charge is 0.297 e. The van der Waals surface area contributed by atoms with Gasteiger partial charge in [-0.2, -0.15) is 0 Å². The van der Waals surface area contributed by atoms with Gasteiger partial charge >= 0.3 is 0 Å². The number of rotatable bonds is 3. The number of hydrogen-bond donors (Lipinski definition) is 0. The van der Waals surface area contributed by atoms with Crippen molar-refractivity contribution in [3.63, 3.8) is 0 Å². The minimum absolute atomic E-state index is 0. The highest BCUT2D eigenvalue weighted by Gasteiger charge is 2.38. The molecule has 0 amide bonds. The number of likely N-dealkylation sites (tertiary alicyclic amines) is 1. The molecule has 0 bridgehead atoms. The van der Waals surface area contributed by atoms with E-state index in [1.54, 1.807) is 0 Å². The molecule has 120 valence electrons. The van der Waals surface area contributed by atoms with Crippen LogP contribution in [0.4, 0.5) is 0 Å². The molecule has 1 saturated carbocycles. The Labute approximate surface area is 138 Å². The molecule has 0 N–H and O–H groups in total. The highest BCUT2D eigenvalue weighted by molar-refractivity contribution is 6.12. The van der Waals surface area contributed by atoms with E-state index in [-0.39, 0.29) is 30.0 Å². The summed E-state index contributed by atoms with van der Waals surface area (Å²) in [6, 6.07) is 9.25. The maximum Gasteiger partial charge on any atom is 0.173 e. The van der Waals surface area contributed by atoms with Crippen LogP contribution in [0.1, 0.15) is 48.9 Å². The molecule has 2 fully saturated rings. The van der Waals surface area contributed by atoms with Gasteiger partial charge in [0.15, 0.2) is 11.6 Å². The van der Waals surface area contributed by atoms with Crippen molar-refractivity contribution in [2.75, 3.05) is 13.1 Å². The summed E-state index contributed by atoms with van der Waals surface area (Å²) in [5.74, 6) is -0.243. The molecular weight excluding hydrogens is 298 g/mol. The van der Waals surface area contributed by atoms with E-state index in [0.29, 0.717) is 5.56 Å². The third-order valence-electron chi connectivity index (χ3n) is 4.85. The number of hydrogen-bond acceptors (Lipinski definition) is 3. The Morgan fingerprint density at radius 2 is 1.64 bits per heavy atom. The Hall–Kier alpha value is -1.19. The second-order valence-corrected chi connectivity index (χ2v) is 6.23. The number of carbonyl (C=O) groups excluding carboxylic acids is 2. The Bertz CT molecular complexity index is 511. The van der Waals surface area contributed by atoms with E-state index in [1.165, 1.54) is 19.3 Å². The maximum absolute atomic E-state index is 12.8. The first-order chi connectivity index (χ1) is 10.3. The Balaban J connectivity index is 0.00000176. The summed E-state index contributed by atoms with van der Waals surface area (Å²) in [5.41, 5.74) is 0.676. The van der Waals surface area contributed by atoms with E-state index in [2.05, 4.69) is 4.90 Å². The fraction of sp³-hybridized carbons (Fsp3) is 0.556. The van der Waals surface area contributed by atoms with E-state index < -0.39 is 5.92 Å². The van der Waals surface area contributed by atoms with Crippen LogP contribution in [0.25, 0.3) is 0 Å². The van der Waals surface area contributed by atoms with Gasteiger partial charge in [0.1, 0.15) is 0 Å². The van der Waals surface area contributed by atoms with Gasteiger partial charge in [-0.15, -0.1) is 12.4 Å². The first kappa shape index (κ1) is 17.2. The standard InChI is InChI=1S/C18H23NO2.ClH/c20-17(14-8-3-1-4-9-14)15-10-7-11-16(18(15)21)19-12-5-2-6-13-19;/h1,3-4,8-9,15-16H,2,5-7,10-13H2;1H. The van der Waals surface area contributed by atoms with Crippen molar-refractivity contribution in [1.29, 1.82) is 0 Å². The van der Waals surface area contributed by atoms with E-state index >= 15 is 0 Å². The molecule has 4 heteroatoms. The van der Waals surface area contributed by atoms with Crippen LogP contribution in [0, 0.1) is 5.92 Å². The van der Waals surface area contributed by atoms with Crippen LogP contribution in [0.3, 0.4) is 0 Å². The zero-order valence-electron chi connectivity index (χ0n) is 12.9. The molecule has 3 rings (SSSR count). The molecule has 0 aromatic heterocycles. The monoisotopic (exact) mass is 321 g/mol. The second kappa shape index (κ2) is 7.89. The van der Waals surface area contributed by atoms with Crippen molar-refractivity contribution in [3.05, 3.63) is 35.9 Å². The van der Waals surface area contributed by atoms with Crippen molar-refractivity contribution in [1.82, 2.24) is 4.90 Å². The van der Waals surface area contributed by atoms with E-state index in [1.807, 2.05) is 30.3 Å². The minimum atomic E-state index is -0.423. The molecule has 1 aliphatic heterocycles. The quantitative estimate of drug-likeness (QED) is 0.631. The maximum atomic E-state index is 12.8. The lowest BCUT2D eigenvalue weighted by atomic mass is 9.79. The third-order valence-corrected chi connectivity index (χ3v) is 4.85. The normalized spacial score (nSPS) is 26.3. The summed E-state index contributed by atoms with van der Waals surface area (Å²) in [7, 11) is 0. The number of halogens is 1. The van der Waals surface area contributed by atoms with Crippen LogP contribution in [-0.4, -0.2) is 35.6 Å². The molecular formula is C18H24ClNO2. The highest BCUT2D eigenvalue weighted by atomic mass is 35.5. The molecule has 2 aliphatic rings. The molecule has 1 saturated heterocycles. The Morgan fingerprint density at radius 3 is 2.32 bits per heavy atom. The lowest BCUT2D eigenvalue weighted by Gasteiger charge is -2.37. The molecule has 1 heterocycles. The summed E-state index contributed by atoms with van der Waals surface area (Å²) in [6.45, 7) is 2.03. The summed E-state index contributed by atoms with van der Waals surface area (Å²) < 4.78 is 0. The van der Waals surface area contributed by atoms with Gasteiger partial charge in [-0.1, -0.05) is 43.2 Å². The first-order valence-corrected chi connectivity index (χ1v) is 8.14. The first-order valence-electron chi connectivity index (χ1n) is 8.14. The lowest BCUT2D eigenvalue weighted by Crippen LogP contribution is -2.49. The van der Waals surface area contributed by atoms with E-state index in [0.717, 1.165) is 32.4 Å². The van der Waals surface area contributed by atoms with Gasteiger partial charge in [-0.3, -0.25) is 14.5 Å². The third kappa shape index (κ3) is 3.58. The number of carbonyl (C=O) groups is 2. The van der Waals surface area contributed by atoms with Crippen LogP contribution < -0.4 is 0 Å². The van der Waals surface area contributed by atoms with Crippen molar-refractivity contribution in [2.24, 2.45) is 5.92 Å². The van der Waals surface area contributed by atoms with Gasteiger partial charge in [0.2, 0.25) is 0 Å². The van der Waals surface area contributed by atoms with Crippen LogP contribution in [0.15, 0.2) is 30.3 Å². The van der Waals surface area contributed by atoms with Crippen LogP contribution in [0.5, 0.6) is 0 Å². The zero-order valence-corrected chi connectivity index (χ0v) is 13.7. The number of ketones is 2. The molecule has 1 aromatic rings. The summed E-state index contributed by atoms with van der Waals surface area (Å²) in [5, 5.41) is 0. The van der Waals surface area contributed by atoms with E-state index in [9.17, 15) is 9.59 Å². The predicted molar refractivity (Wildman–Crippen MR) is 89.6 cm³/mol. The molecule has 1 aromatic carbocycles. The fourth-order valence-electron chi connectivity index (χ4n) is 3.69. The smallest absolute Gasteiger partial charge is 0.173 e. The second-order valence-electron chi connectivity index (χ2n) is 6.23. The van der Waals surface area contributed by atoms with Crippen molar-refractivity contribution < 1.29 is 9.59 Å². The van der Waals surface area contributed by atoms with Crippen molar-refractivity contribution >= 4 is 24.0 Å². The molecule has 3 nitrogen and oxygen atoms in total.